The number of fused-ring (bicyclic) bond motifs is 1. The van der Waals surface area contributed by atoms with Gasteiger partial charge in [-0.25, -0.2) is 0 Å². The molecule has 0 saturated heterocycles. The molecule has 0 spiro atoms. The molecule has 1 aliphatic heterocycles. The lowest BCUT2D eigenvalue weighted by molar-refractivity contribution is -0.111. The maximum atomic E-state index is 12.2. The van der Waals surface area contributed by atoms with Gasteiger partial charge in [0.2, 0.25) is 0 Å². The molecule has 1 heterocycles. The van der Waals surface area contributed by atoms with Gasteiger partial charge >= 0.3 is 0 Å². The molecular formula is C20H23NOS. The largest absolute Gasteiger partial charge is 0.330 e. The number of nitrogens with zero attached hydrogens (tertiary/aromatic N) is 1. The molecule has 0 radical (unpaired) electrons. The summed E-state index contributed by atoms with van der Waals surface area (Å²) in [5.41, 5.74) is 2.22. The molecule has 120 valence electrons. The van der Waals surface area contributed by atoms with Crippen molar-refractivity contribution in [1.82, 2.24) is 0 Å². The van der Waals surface area contributed by atoms with E-state index in [9.17, 15) is 4.79 Å². The second-order valence-corrected chi connectivity index (χ2v) is 7.13. The molecule has 1 aliphatic rings. The van der Waals surface area contributed by atoms with Crippen LogP contribution in [-0.2, 0) is 4.79 Å². The standard InChI is InChI=1S/C20H23NOS/c1-3-20(4-2)15-23-18-13-9-8-12-17(18)21(19(20)14-22)16-10-6-5-7-11-16/h5-14,19H,3-4,15H2,1-2H3. The monoisotopic (exact) mass is 325 g/mol. The Balaban J connectivity index is 2.21. The van der Waals surface area contributed by atoms with Crippen molar-refractivity contribution in [3.05, 3.63) is 54.6 Å². The number of thioether (sulfide) groups is 1. The van der Waals surface area contributed by atoms with Crippen molar-refractivity contribution in [2.75, 3.05) is 10.7 Å². The Kier molecular flexibility index (Phi) is 4.76. The lowest BCUT2D eigenvalue weighted by Gasteiger charge is -2.41. The summed E-state index contributed by atoms with van der Waals surface area (Å²) in [6.45, 7) is 4.42. The van der Waals surface area contributed by atoms with Crippen LogP contribution in [0.4, 0.5) is 11.4 Å². The number of rotatable bonds is 4. The summed E-state index contributed by atoms with van der Waals surface area (Å²) in [5.74, 6) is 0.976. The molecule has 0 saturated carbocycles. The smallest absolute Gasteiger partial charge is 0.143 e. The third-order valence-electron chi connectivity index (χ3n) is 5.12. The van der Waals surface area contributed by atoms with E-state index in [1.165, 1.54) is 4.90 Å². The summed E-state index contributed by atoms with van der Waals surface area (Å²) in [4.78, 5) is 15.7. The van der Waals surface area contributed by atoms with E-state index < -0.39 is 0 Å². The lowest BCUT2D eigenvalue weighted by Crippen LogP contribution is -2.47. The van der Waals surface area contributed by atoms with Gasteiger partial charge in [-0.3, -0.25) is 0 Å². The molecule has 0 N–H and O–H groups in total. The van der Waals surface area contributed by atoms with Crippen LogP contribution >= 0.6 is 11.8 Å². The average Bonchev–Trinajstić information content (AvgIpc) is 2.77. The number of benzene rings is 2. The number of carbonyl (C=O) groups excluding carboxylic acids is 1. The van der Waals surface area contributed by atoms with Crippen molar-refractivity contribution in [2.45, 2.75) is 37.6 Å². The van der Waals surface area contributed by atoms with E-state index in [2.05, 4.69) is 55.1 Å². The number of hydrogen-bond acceptors (Lipinski definition) is 3. The van der Waals surface area contributed by atoms with Crippen molar-refractivity contribution in [3.63, 3.8) is 0 Å². The van der Waals surface area contributed by atoms with Gasteiger partial charge in [0.1, 0.15) is 6.29 Å². The molecule has 0 aromatic heterocycles. The van der Waals surface area contributed by atoms with Gasteiger partial charge in [-0.15, -0.1) is 11.8 Å². The van der Waals surface area contributed by atoms with Crippen molar-refractivity contribution >= 4 is 29.4 Å². The minimum absolute atomic E-state index is 0.0126. The van der Waals surface area contributed by atoms with Crippen LogP contribution in [0.25, 0.3) is 0 Å². The molecule has 2 aromatic rings. The molecule has 2 nitrogen and oxygen atoms in total. The van der Waals surface area contributed by atoms with E-state index in [1.807, 2.05) is 30.0 Å². The highest BCUT2D eigenvalue weighted by atomic mass is 32.2. The molecule has 3 rings (SSSR count). The zero-order chi connectivity index (χ0) is 16.3. The second kappa shape index (κ2) is 6.79. The Hall–Kier alpha value is -1.74. The minimum atomic E-state index is -0.143. The molecule has 23 heavy (non-hydrogen) atoms. The summed E-state index contributed by atoms with van der Waals surface area (Å²) in [6, 6.07) is 18.6. The quantitative estimate of drug-likeness (QED) is 0.711. The number of anilines is 2. The third-order valence-corrected chi connectivity index (χ3v) is 6.49. The first kappa shape index (κ1) is 16.1. The summed E-state index contributed by atoms with van der Waals surface area (Å²) in [6.07, 6.45) is 3.15. The average molecular weight is 325 g/mol. The van der Waals surface area contributed by atoms with Crippen LogP contribution < -0.4 is 4.90 Å². The summed E-state index contributed by atoms with van der Waals surface area (Å²) in [5, 5.41) is 0. The fraction of sp³-hybridized carbons (Fsp3) is 0.350. The van der Waals surface area contributed by atoms with E-state index in [0.29, 0.717) is 0 Å². The second-order valence-electron chi connectivity index (χ2n) is 6.11. The van der Waals surface area contributed by atoms with Crippen LogP contribution in [0.5, 0.6) is 0 Å². The number of hydrogen-bond donors (Lipinski definition) is 0. The molecule has 1 atom stereocenters. The van der Waals surface area contributed by atoms with Gasteiger partial charge in [0.05, 0.1) is 11.7 Å². The van der Waals surface area contributed by atoms with Crippen molar-refractivity contribution in [2.24, 2.45) is 5.41 Å². The molecule has 0 aliphatic carbocycles. The summed E-state index contributed by atoms with van der Waals surface area (Å²) < 4.78 is 0. The molecular weight excluding hydrogens is 302 g/mol. The van der Waals surface area contributed by atoms with Crippen molar-refractivity contribution in [3.8, 4) is 0 Å². The highest BCUT2D eigenvalue weighted by Gasteiger charge is 2.42. The fourth-order valence-electron chi connectivity index (χ4n) is 3.47. The maximum Gasteiger partial charge on any atom is 0.143 e. The van der Waals surface area contributed by atoms with Crippen LogP contribution in [-0.4, -0.2) is 18.1 Å². The maximum absolute atomic E-state index is 12.2. The van der Waals surface area contributed by atoms with Crippen molar-refractivity contribution < 1.29 is 4.79 Å². The summed E-state index contributed by atoms with van der Waals surface area (Å²) in [7, 11) is 0. The van der Waals surface area contributed by atoms with Crippen LogP contribution in [0.3, 0.4) is 0 Å². The fourth-order valence-corrected chi connectivity index (χ4v) is 4.99. The van der Waals surface area contributed by atoms with E-state index in [1.54, 1.807) is 0 Å². The molecule has 3 heteroatoms. The number of aldehydes is 1. The van der Waals surface area contributed by atoms with Crippen LogP contribution in [0.2, 0.25) is 0 Å². The number of carbonyl (C=O) groups is 1. The zero-order valence-electron chi connectivity index (χ0n) is 13.7. The van der Waals surface area contributed by atoms with E-state index in [-0.39, 0.29) is 11.5 Å². The Morgan fingerprint density at radius 2 is 1.74 bits per heavy atom. The van der Waals surface area contributed by atoms with Crippen LogP contribution in [0.1, 0.15) is 26.7 Å². The SMILES string of the molecule is CCC1(CC)CSc2ccccc2N(c2ccccc2)C1C=O. The van der Waals surface area contributed by atoms with Gasteiger partial charge in [-0.05, 0) is 37.1 Å². The summed E-state index contributed by atoms with van der Waals surface area (Å²) >= 11 is 1.88. The zero-order valence-corrected chi connectivity index (χ0v) is 14.6. The molecule has 0 fully saturated rings. The molecule has 1 unspecified atom stereocenters. The minimum Gasteiger partial charge on any atom is -0.330 e. The highest BCUT2D eigenvalue weighted by molar-refractivity contribution is 7.99. The Bertz CT molecular complexity index is 666. The van der Waals surface area contributed by atoms with Gasteiger partial charge in [0.25, 0.3) is 0 Å². The Morgan fingerprint density at radius 1 is 1.09 bits per heavy atom. The van der Waals surface area contributed by atoms with E-state index in [4.69, 9.17) is 0 Å². The molecule has 0 bridgehead atoms. The van der Waals surface area contributed by atoms with Gasteiger partial charge in [0, 0.05) is 21.8 Å². The first-order valence-electron chi connectivity index (χ1n) is 8.27. The normalized spacial score (nSPS) is 19.7. The molecule has 2 aromatic carbocycles. The van der Waals surface area contributed by atoms with E-state index in [0.717, 1.165) is 36.3 Å². The predicted molar refractivity (Wildman–Crippen MR) is 98.6 cm³/mol. The topological polar surface area (TPSA) is 20.3 Å². The van der Waals surface area contributed by atoms with Gasteiger partial charge in [0.15, 0.2) is 0 Å². The van der Waals surface area contributed by atoms with Gasteiger partial charge in [-0.1, -0.05) is 44.2 Å². The number of para-hydroxylation sites is 2. The van der Waals surface area contributed by atoms with Gasteiger partial charge < -0.3 is 9.69 Å². The first-order valence-corrected chi connectivity index (χ1v) is 9.25. The predicted octanol–water partition coefficient (Wildman–Crippen LogP) is 5.30. The van der Waals surface area contributed by atoms with Crippen LogP contribution in [0, 0.1) is 5.41 Å². The van der Waals surface area contributed by atoms with Gasteiger partial charge in [-0.2, -0.15) is 0 Å². The Labute approximate surface area is 142 Å². The third kappa shape index (κ3) is 2.78. The highest BCUT2D eigenvalue weighted by Crippen LogP contribution is 2.48. The molecule has 0 amide bonds. The first-order chi connectivity index (χ1) is 11.3. The van der Waals surface area contributed by atoms with Crippen LogP contribution in [0.15, 0.2) is 59.5 Å². The lowest BCUT2D eigenvalue weighted by atomic mass is 9.76. The Morgan fingerprint density at radius 3 is 2.39 bits per heavy atom. The van der Waals surface area contributed by atoms with E-state index >= 15 is 0 Å². The van der Waals surface area contributed by atoms with Crippen molar-refractivity contribution in [1.29, 1.82) is 0 Å².